The second-order valence-electron chi connectivity index (χ2n) is 2.11. The van der Waals surface area contributed by atoms with Gasteiger partial charge in [-0.3, -0.25) is 8.94 Å². The minimum absolute atomic E-state index is 0.246. The van der Waals surface area contributed by atoms with Gasteiger partial charge >= 0.3 is 10.4 Å². The fraction of sp³-hybridized carbons (Fsp3) is 1.00. The van der Waals surface area contributed by atoms with Crippen molar-refractivity contribution >= 4 is 10.4 Å². The Kier molecular flexibility index (Phi) is 5.27. The molecule has 0 bridgehead atoms. The molecular weight excluding hydrogens is 194 g/mol. The van der Waals surface area contributed by atoms with Gasteiger partial charge in [0, 0.05) is 12.8 Å². The second kappa shape index (κ2) is 5.39. The average Bonchev–Trinajstić information content (AvgIpc) is 1.84. The summed E-state index contributed by atoms with van der Waals surface area (Å²) in [6, 6.07) is 0. The third kappa shape index (κ3) is 7.83. The number of hydrogen-bond acceptors (Lipinski definition) is 3. The van der Waals surface area contributed by atoms with Gasteiger partial charge in [-0.2, -0.15) is 8.42 Å². The summed E-state index contributed by atoms with van der Waals surface area (Å²) in [6.45, 7) is -1.27. The molecule has 1 N–H and O–H groups in total. The Bertz CT molecular complexity index is 203. The Hall–Kier alpha value is -0.270. The van der Waals surface area contributed by atoms with E-state index in [1.165, 1.54) is 0 Å². The topological polar surface area (TPSA) is 63.6 Å². The van der Waals surface area contributed by atoms with Crippen molar-refractivity contribution in [1.82, 2.24) is 0 Å². The van der Waals surface area contributed by atoms with E-state index in [2.05, 4.69) is 4.18 Å². The summed E-state index contributed by atoms with van der Waals surface area (Å²) in [5, 5.41) is 0. The summed E-state index contributed by atoms with van der Waals surface area (Å²) in [6.07, 6.45) is -1.96. The number of hydrogen-bond donors (Lipinski definition) is 1. The molecule has 0 aliphatic carbocycles. The molecule has 12 heavy (non-hydrogen) atoms. The molecule has 0 saturated carbocycles. The van der Waals surface area contributed by atoms with Crippen LogP contribution < -0.4 is 0 Å². The van der Waals surface area contributed by atoms with Gasteiger partial charge in [-0.1, -0.05) is 0 Å². The first-order valence-corrected chi connectivity index (χ1v) is 4.64. The molecule has 0 rings (SSSR count). The monoisotopic (exact) mass is 204 g/mol. The van der Waals surface area contributed by atoms with Crippen LogP contribution in [0.5, 0.6) is 0 Å². The van der Waals surface area contributed by atoms with E-state index in [1.807, 2.05) is 0 Å². The molecule has 0 aromatic heterocycles. The van der Waals surface area contributed by atoms with Crippen LogP contribution in [0.1, 0.15) is 12.8 Å². The van der Waals surface area contributed by atoms with Crippen molar-refractivity contribution in [2.45, 2.75) is 19.0 Å². The van der Waals surface area contributed by atoms with Crippen LogP contribution in [-0.2, 0) is 14.6 Å². The molecule has 0 radical (unpaired) electrons. The van der Waals surface area contributed by atoms with E-state index in [1.54, 1.807) is 0 Å². The van der Waals surface area contributed by atoms with Crippen LogP contribution in [0.3, 0.4) is 0 Å². The zero-order valence-electron chi connectivity index (χ0n) is 6.24. The quantitative estimate of drug-likeness (QED) is 0.653. The van der Waals surface area contributed by atoms with Crippen LogP contribution in [-0.4, -0.2) is 32.4 Å². The summed E-state index contributed by atoms with van der Waals surface area (Å²) >= 11 is 0. The van der Waals surface area contributed by atoms with Crippen molar-refractivity contribution in [1.29, 1.82) is 0 Å². The highest BCUT2D eigenvalue weighted by molar-refractivity contribution is 7.80. The highest BCUT2D eigenvalue weighted by atomic mass is 32.3. The van der Waals surface area contributed by atoms with Crippen molar-refractivity contribution in [3.63, 3.8) is 0 Å². The minimum atomic E-state index is -4.50. The Morgan fingerprint density at radius 3 is 2.42 bits per heavy atom. The zero-order chi connectivity index (χ0) is 9.61. The minimum Gasteiger partial charge on any atom is -0.264 e. The van der Waals surface area contributed by atoms with Gasteiger partial charge in [0.25, 0.3) is 0 Å². The number of halogens is 2. The molecule has 4 nitrogen and oxygen atoms in total. The van der Waals surface area contributed by atoms with E-state index in [9.17, 15) is 17.2 Å². The molecule has 7 heteroatoms. The number of rotatable bonds is 6. The van der Waals surface area contributed by atoms with E-state index in [0.717, 1.165) is 0 Å². The molecule has 0 amide bonds. The fourth-order valence-electron chi connectivity index (χ4n) is 0.544. The largest absolute Gasteiger partial charge is 0.397 e. The van der Waals surface area contributed by atoms with E-state index >= 15 is 0 Å². The van der Waals surface area contributed by atoms with Crippen molar-refractivity contribution < 1.29 is 25.9 Å². The SMILES string of the molecule is O=S(=O)(O)OCCC(F)CCF. The molecule has 0 spiro atoms. The van der Waals surface area contributed by atoms with Gasteiger partial charge in [-0.05, 0) is 0 Å². The van der Waals surface area contributed by atoms with Crippen molar-refractivity contribution in [3.05, 3.63) is 0 Å². The molecule has 0 aromatic rings. The predicted octanol–water partition coefficient (Wildman–Crippen LogP) is 0.894. The summed E-state index contributed by atoms with van der Waals surface area (Å²) in [4.78, 5) is 0. The maximum atomic E-state index is 12.4. The van der Waals surface area contributed by atoms with Crippen LogP contribution in [0.2, 0.25) is 0 Å². The molecule has 0 heterocycles. The first-order valence-electron chi connectivity index (χ1n) is 3.27. The van der Waals surface area contributed by atoms with Gasteiger partial charge in [0.1, 0.15) is 6.17 Å². The molecule has 0 aliphatic rings. The van der Waals surface area contributed by atoms with Gasteiger partial charge in [-0.25, -0.2) is 8.57 Å². The first kappa shape index (κ1) is 11.7. The maximum absolute atomic E-state index is 12.4. The molecule has 74 valence electrons. The Balaban J connectivity index is 3.44. The molecular formula is C5H10F2O4S. The van der Waals surface area contributed by atoms with Crippen LogP contribution in [0, 0.1) is 0 Å². The van der Waals surface area contributed by atoms with Gasteiger partial charge in [0.05, 0.1) is 13.3 Å². The lowest BCUT2D eigenvalue weighted by Crippen LogP contribution is -2.10. The zero-order valence-corrected chi connectivity index (χ0v) is 7.06. The van der Waals surface area contributed by atoms with Gasteiger partial charge in [-0.15, -0.1) is 0 Å². The molecule has 0 aliphatic heterocycles. The van der Waals surface area contributed by atoms with Gasteiger partial charge < -0.3 is 0 Å². The van der Waals surface area contributed by atoms with Crippen LogP contribution >= 0.6 is 0 Å². The lowest BCUT2D eigenvalue weighted by Gasteiger charge is -2.03. The molecule has 0 saturated heterocycles. The lowest BCUT2D eigenvalue weighted by atomic mass is 10.2. The van der Waals surface area contributed by atoms with E-state index in [4.69, 9.17) is 4.55 Å². The molecule has 1 unspecified atom stereocenters. The first-order chi connectivity index (χ1) is 5.45. The summed E-state index contributed by atoms with van der Waals surface area (Å²) in [7, 11) is -4.50. The maximum Gasteiger partial charge on any atom is 0.397 e. The standard InChI is InChI=1S/C5H10F2O4S/c6-3-1-5(7)2-4-11-12(8,9)10/h5H,1-4H2,(H,8,9,10). The smallest absolute Gasteiger partial charge is 0.264 e. The highest BCUT2D eigenvalue weighted by Crippen LogP contribution is 2.04. The van der Waals surface area contributed by atoms with Crippen molar-refractivity contribution in [2.24, 2.45) is 0 Å². The Labute approximate surface area is 69.5 Å². The number of alkyl halides is 2. The van der Waals surface area contributed by atoms with Crippen LogP contribution in [0.15, 0.2) is 0 Å². The van der Waals surface area contributed by atoms with Crippen LogP contribution in [0.25, 0.3) is 0 Å². The molecule has 0 fully saturated rings. The van der Waals surface area contributed by atoms with Crippen molar-refractivity contribution in [2.75, 3.05) is 13.3 Å². The van der Waals surface area contributed by atoms with E-state index < -0.39 is 29.9 Å². The normalized spacial score (nSPS) is 14.6. The van der Waals surface area contributed by atoms with Gasteiger partial charge in [0.15, 0.2) is 0 Å². The highest BCUT2D eigenvalue weighted by Gasteiger charge is 2.09. The third-order valence-electron chi connectivity index (χ3n) is 1.09. The average molecular weight is 204 g/mol. The Morgan fingerprint density at radius 2 is 2.00 bits per heavy atom. The fourth-order valence-corrected chi connectivity index (χ4v) is 0.851. The van der Waals surface area contributed by atoms with Crippen molar-refractivity contribution in [3.8, 4) is 0 Å². The molecule has 1 atom stereocenters. The molecule has 0 aromatic carbocycles. The Morgan fingerprint density at radius 1 is 1.42 bits per heavy atom. The van der Waals surface area contributed by atoms with Crippen LogP contribution in [0.4, 0.5) is 8.78 Å². The summed E-state index contributed by atoms with van der Waals surface area (Å²) in [5.74, 6) is 0. The second-order valence-corrected chi connectivity index (χ2v) is 3.20. The van der Waals surface area contributed by atoms with E-state index in [0.29, 0.717) is 0 Å². The summed E-state index contributed by atoms with van der Waals surface area (Å²) in [5.41, 5.74) is 0. The summed E-state index contributed by atoms with van der Waals surface area (Å²) < 4.78 is 55.5. The van der Waals surface area contributed by atoms with E-state index in [-0.39, 0.29) is 12.8 Å². The van der Waals surface area contributed by atoms with Gasteiger partial charge in [0.2, 0.25) is 0 Å². The third-order valence-corrected chi connectivity index (χ3v) is 1.55. The lowest BCUT2D eigenvalue weighted by molar-refractivity contribution is 0.204. The predicted molar refractivity (Wildman–Crippen MR) is 37.6 cm³/mol.